The van der Waals surface area contributed by atoms with Gasteiger partial charge in [0.05, 0.1) is 12.2 Å². The van der Waals surface area contributed by atoms with E-state index in [-0.39, 0.29) is 11.5 Å². The van der Waals surface area contributed by atoms with Crippen molar-refractivity contribution in [3.8, 4) is 11.3 Å². The van der Waals surface area contributed by atoms with Crippen LogP contribution in [0.25, 0.3) is 11.3 Å². The molecule has 3 aromatic rings. The molecule has 1 N–H and O–H groups in total. The van der Waals surface area contributed by atoms with Crippen molar-refractivity contribution in [3.05, 3.63) is 58.5 Å². The number of hydrogen-bond acceptors (Lipinski definition) is 7. The monoisotopic (exact) mass is 380 g/mol. The molecule has 2 aromatic heterocycles. The third kappa shape index (κ3) is 3.96. The van der Waals surface area contributed by atoms with Crippen molar-refractivity contribution in [1.29, 1.82) is 0 Å². The van der Waals surface area contributed by atoms with Gasteiger partial charge in [-0.25, -0.2) is 5.10 Å². The van der Waals surface area contributed by atoms with Gasteiger partial charge in [0.1, 0.15) is 5.69 Å². The molecule has 4 rings (SSSR count). The number of H-pyrrole nitrogens is 1. The highest BCUT2D eigenvalue weighted by Crippen LogP contribution is 2.27. The fourth-order valence-corrected chi connectivity index (χ4v) is 3.35. The third-order valence-electron chi connectivity index (χ3n) is 4.91. The maximum Gasteiger partial charge on any atom is 0.266 e. The molecule has 0 saturated carbocycles. The number of nitrogens with one attached hydrogen (secondary N) is 1. The van der Waals surface area contributed by atoms with Crippen LogP contribution in [0, 0.1) is 0 Å². The molecule has 8 nitrogen and oxygen atoms in total. The van der Waals surface area contributed by atoms with Crippen molar-refractivity contribution in [3.63, 3.8) is 0 Å². The summed E-state index contributed by atoms with van der Waals surface area (Å²) in [6.45, 7) is 8.04. The number of rotatable bonds is 5. The molecule has 3 heterocycles. The van der Waals surface area contributed by atoms with Crippen LogP contribution in [0.2, 0.25) is 0 Å². The number of benzene rings is 1. The number of piperazine rings is 1. The summed E-state index contributed by atoms with van der Waals surface area (Å²) in [5.41, 5.74) is 2.47. The van der Waals surface area contributed by atoms with Gasteiger partial charge < -0.3 is 9.42 Å². The van der Waals surface area contributed by atoms with E-state index in [9.17, 15) is 4.79 Å². The van der Waals surface area contributed by atoms with Gasteiger partial charge >= 0.3 is 0 Å². The first-order valence-electron chi connectivity index (χ1n) is 9.55. The number of nitrogens with zero attached hydrogens (tertiary/aromatic N) is 5. The minimum absolute atomic E-state index is 0.191. The van der Waals surface area contributed by atoms with Crippen LogP contribution in [0.4, 0.5) is 5.69 Å². The molecule has 1 fully saturated rings. The number of hydrogen-bond donors (Lipinski definition) is 1. The third-order valence-corrected chi connectivity index (χ3v) is 4.91. The number of aromatic nitrogens is 4. The van der Waals surface area contributed by atoms with Crippen LogP contribution < -0.4 is 10.5 Å². The average molecular weight is 380 g/mol. The average Bonchev–Trinajstić information content (AvgIpc) is 3.18. The number of anilines is 1. The van der Waals surface area contributed by atoms with Gasteiger partial charge in [-0.05, 0) is 0 Å². The minimum atomic E-state index is -0.191. The zero-order chi connectivity index (χ0) is 19.5. The van der Waals surface area contributed by atoms with E-state index in [0.29, 0.717) is 12.4 Å². The molecule has 1 saturated heterocycles. The topological polar surface area (TPSA) is 91.2 Å². The van der Waals surface area contributed by atoms with Gasteiger partial charge in [0.15, 0.2) is 5.82 Å². The quantitative estimate of drug-likeness (QED) is 0.726. The lowest BCUT2D eigenvalue weighted by molar-refractivity contribution is 0.215. The van der Waals surface area contributed by atoms with Crippen molar-refractivity contribution >= 4 is 5.69 Å². The smallest absolute Gasteiger partial charge is 0.266 e. The van der Waals surface area contributed by atoms with Crippen LogP contribution >= 0.6 is 0 Å². The predicted octanol–water partition coefficient (Wildman–Crippen LogP) is 2.27. The molecular weight excluding hydrogens is 356 g/mol. The summed E-state index contributed by atoms with van der Waals surface area (Å²) in [5.74, 6) is 1.66. The van der Waals surface area contributed by atoms with Gasteiger partial charge in [0.2, 0.25) is 5.89 Å². The normalized spacial score (nSPS) is 15.3. The van der Waals surface area contributed by atoms with Gasteiger partial charge in [-0.2, -0.15) is 10.1 Å². The molecule has 0 unspecified atom stereocenters. The van der Waals surface area contributed by atoms with Gasteiger partial charge in [-0.3, -0.25) is 9.69 Å². The molecule has 0 spiro atoms. The van der Waals surface area contributed by atoms with Gasteiger partial charge in [0, 0.05) is 43.7 Å². The van der Waals surface area contributed by atoms with Gasteiger partial charge in [-0.15, -0.1) is 0 Å². The van der Waals surface area contributed by atoms with E-state index in [1.54, 1.807) is 6.07 Å². The Hall–Kier alpha value is -3.00. The van der Waals surface area contributed by atoms with Crippen LogP contribution in [-0.2, 0) is 6.54 Å². The van der Waals surface area contributed by atoms with Crippen molar-refractivity contribution in [1.82, 2.24) is 25.2 Å². The summed E-state index contributed by atoms with van der Waals surface area (Å²) in [6.07, 6.45) is 0. The Kier molecular flexibility index (Phi) is 5.21. The van der Waals surface area contributed by atoms with Crippen molar-refractivity contribution in [2.24, 2.45) is 0 Å². The summed E-state index contributed by atoms with van der Waals surface area (Å²) < 4.78 is 5.36. The second kappa shape index (κ2) is 7.93. The fourth-order valence-electron chi connectivity index (χ4n) is 3.35. The maximum absolute atomic E-state index is 11.9. The Balaban J connectivity index is 1.46. The molecule has 28 heavy (non-hydrogen) atoms. The Morgan fingerprint density at radius 3 is 2.57 bits per heavy atom. The largest absolute Gasteiger partial charge is 0.367 e. The highest BCUT2D eigenvalue weighted by Gasteiger charge is 2.22. The van der Waals surface area contributed by atoms with Crippen LogP contribution in [-0.4, -0.2) is 51.4 Å². The maximum atomic E-state index is 11.9. The Morgan fingerprint density at radius 1 is 1.14 bits per heavy atom. The van der Waals surface area contributed by atoms with Crippen molar-refractivity contribution in [2.75, 3.05) is 31.1 Å². The zero-order valence-corrected chi connectivity index (χ0v) is 16.1. The van der Waals surface area contributed by atoms with Crippen LogP contribution in [0.1, 0.15) is 31.5 Å². The zero-order valence-electron chi connectivity index (χ0n) is 16.1. The van der Waals surface area contributed by atoms with Crippen LogP contribution in [0.5, 0.6) is 0 Å². The molecule has 146 valence electrons. The summed E-state index contributed by atoms with van der Waals surface area (Å²) >= 11 is 0. The molecule has 0 atom stereocenters. The predicted molar refractivity (Wildman–Crippen MR) is 106 cm³/mol. The lowest BCUT2D eigenvalue weighted by Gasteiger charge is -2.35. The van der Waals surface area contributed by atoms with Gasteiger partial charge in [-0.1, -0.05) is 49.3 Å². The molecule has 8 heteroatoms. The summed E-state index contributed by atoms with van der Waals surface area (Å²) in [6, 6.07) is 11.6. The van der Waals surface area contributed by atoms with Crippen LogP contribution in [0.15, 0.2) is 45.7 Å². The summed E-state index contributed by atoms with van der Waals surface area (Å²) in [7, 11) is 0. The molecule has 0 radical (unpaired) electrons. The summed E-state index contributed by atoms with van der Waals surface area (Å²) in [4.78, 5) is 20.9. The van der Waals surface area contributed by atoms with Crippen LogP contribution in [0.3, 0.4) is 0 Å². The van der Waals surface area contributed by atoms with Crippen molar-refractivity contribution < 1.29 is 4.52 Å². The lowest BCUT2D eigenvalue weighted by Crippen LogP contribution is -2.46. The molecular formula is C20H24N6O2. The van der Waals surface area contributed by atoms with E-state index in [2.05, 4.69) is 30.1 Å². The highest BCUT2D eigenvalue weighted by atomic mass is 16.5. The molecule has 0 amide bonds. The van der Waals surface area contributed by atoms with E-state index in [4.69, 9.17) is 4.52 Å². The Labute approximate surface area is 163 Å². The fraction of sp³-hybridized carbons (Fsp3) is 0.400. The molecule has 0 aliphatic carbocycles. The first-order valence-corrected chi connectivity index (χ1v) is 9.55. The Bertz CT molecular complexity index is 974. The Morgan fingerprint density at radius 2 is 1.89 bits per heavy atom. The van der Waals surface area contributed by atoms with E-state index in [0.717, 1.165) is 48.9 Å². The van der Waals surface area contributed by atoms with E-state index in [1.807, 2.05) is 44.2 Å². The molecule has 1 aliphatic heterocycles. The van der Waals surface area contributed by atoms with E-state index < -0.39 is 0 Å². The minimum Gasteiger partial charge on any atom is -0.367 e. The van der Waals surface area contributed by atoms with Gasteiger partial charge in [0.25, 0.3) is 5.56 Å². The standard InChI is InChI=1S/C20H24N6O2/c1-14(2)20-21-18(28-24-20)13-25-8-10-26(11-9-25)16-12-17(27)22-23-19(16)15-6-4-3-5-7-15/h3-7,12,14H,8-11,13H2,1-2H3,(H,22,27). The highest BCUT2D eigenvalue weighted by molar-refractivity contribution is 5.74. The lowest BCUT2D eigenvalue weighted by atomic mass is 10.1. The first-order chi connectivity index (χ1) is 13.6. The van der Waals surface area contributed by atoms with E-state index in [1.165, 1.54) is 0 Å². The number of aromatic amines is 1. The first kappa shape index (κ1) is 18.4. The van der Waals surface area contributed by atoms with Crippen molar-refractivity contribution in [2.45, 2.75) is 26.3 Å². The molecule has 1 aromatic carbocycles. The SMILES string of the molecule is CC(C)c1noc(CN2CCN(c3cc(=O)[nH]nc3-c3ccccc3)CC2)n1. The second-order valence-corrected chi connectivity index (χ2v) is 7.30. The van der Waals surface area contributed by atoms with E-state index >= 15 is 0 Å². The summed E-state index contributed by atoms with van der Waals surface area (Å²) in [5, 5.41) is 10.9. The molecule has 0 bridgehead atoms. The second-order valence-electron chi connectivity index (χ2n) is 7.30. The molecule has 1 aliphatic rings.